The fourth-order valence-electron chi connectivity index (χ4n) is 4.01. The zero-order valence-corrected chi connectivity index (χ0v) is 18.3. The molecule has 0 saturated heterocycles. The van der Waals surface area contributed by atoms with Gasteiger partial charge in [0, 0.05) is 28.3 Å². The van der Waals surface area contributed by atoms with Crippen LogP contribution in [-0.2, 0) is 4.79 Å². The number of carbonyl (C=O) groups is 2. The van der Waals surface area contributed by atoms with Crippen molar-refractivity contribution < 1.29 is 33.3 Å². The molecule has 0 fully saturated rings. The summed E-state index contributed by atoms with van der Waals surface area (Å²) in [7, 11) is 4.48. The van der Waals surface area contributed by atoms with Gasteiger partial charge in [0.15, 0.2) is 11.5 Å². The topological polar surface area (TPSA) is 94.1 Å². The number of halogens is 1. The van der Waals surface area contributed by atoms with Crippen LogP contribution in [0.4, 0.5) is 10.1 Å². The molecule has 2 heterocycles. The third kappa shape index (κ3) is 3.54. The average molecular weight is 457 g/mol. The molecular weight excluding hydrogens is 437 g/mol. The van der Waals surface area contributed by atoms with Gasteiger partial charge in [-0.2, -0.15) is 0 Å². The normalized spacial score (nSPS) is 15.0. The SMILES string of the molecule is COc1ccc([C@H]2CC(=O)Nc3c2sc(C(=O)O)c3-c2cccc(F)c2)c(OC)c1OC. The number of carbonyl (C=O) groups excluding carboxylic acids is 1. The molecule has 0 aliphatic carbocycles. The monoisotopic (exact) mass is 457 g/mol. The summed E-state index contributed by atoms with van der Waals surface area (Å²) in [6, 6.07) is 9.13. The molecule has 1 amide bonds. The fraction of sp³-hybridized carbons (Fsp3) is 0.217. The first kappa shape index (κ1) is 21.6. The lowest BCUT2D eigenvalue weighted by Gasteiger charge is -2.26. The van der Waals surface area contributed by atoms with E-state index in [-0.39, 0.29) is 22.8 Å². The van der Waals surface area contributed by atoms with Gasteiger partial charge >= 0.3 is 5.97 Å². The van der Waals surface area contributed by atoms with E-state index in [4.69, 9.17) is 14.2 Å². The Balaban J connectivity index is 1.97. The number of carboxylic acids is 1. The standard InChI is InChI=1S/C23H20FNO6S/c1-29-15-8-7-13(19(30-2)20(15)31-3)14-10-16(26)25-18-17(11-5-4-6-12(24)9-11)22(23(27)28)32-21(14)18/h4-9,14H,10H2,1-3H3,(H,25,26)(H,27,28)/t14-/m1/s1. The van der Waals surface area contributed by atoms with Crippen LogP contribution in [0.5, 0.6) is 17.2 Å². The summed E-state index contributed by atoms with van der Waals surface area (Å²) < 4.78 is 30.3. The maximum Gasteiger partial charge on any atom is 0.346 e. The van der Waals surface area contributed by atoms with E-state index in [1.807, 2.05) is 0 Å². The predicted molar refractivity (Wildman–Crippen MR) is 118 cm³/mol. The van der Waals surface area contributed by atoms with Gasteiger partial charge in [-0.25, -0.2) is 9.18 Å². The van der Waals surface area contributed by atoms with E-state index in [1.54, 1.807) is 18.2 Å². The molecule has 1 aliphatic rings. The summed E-state index contributed by atoms with van der Waals surface area (Å²) in [6.45, 7) is 0. The van der Waals surface area contributed by atoms with Gasteiger partial charge in [-0.3, -0.25) is 4.79 Å². The Kier molecular flexibility index (Phi) is 5.75. The van der Waals surface area contributed by atoms with Crippen molar-refractivity contribution >= 4 is 28.9 Å². The minimum absolute atomic E-state index is 0.0206. The number of carboxylic acid groups (broad SMARTS) is 1. The van der Waals surface area contributed by atoms with Crippen molar-refractivity contribution in [1.82, 2.24) is 0 Å². The molecule has 0 radical (unpaired) electrons. The molecular formula is C23H20FNO6S. The minimum atomic E-state index is -1.16. The smallest absolute Gasteiger partial charge is 0.346 e. The summed E-state index contributed by atoms with van der Waals surface area (Å²) in [5.74, 6) is -1.19. The van der Waals surface area contributed by atoms with Gasteiger partial charge < -0.3 is 24.6 Å². The summed E-state index contributed by atoms with van der Waals surface area (Å²) in [4.78, 5) is 25.4. The third-order valence-electron chi connectivity index (χ3n) is 5.32. The lowest BCUT2D eigenvalue weighted by molar-refractivity contribution is -0.116. The van der Waals surface area contributed by atoms with Gasteiger partial charge in [0.25, 0.3) is 0 Å². The first-order chi connectivity index (χ1) is 15.4. The van der Waals surface area contributed by atoms with E-state index in [0.717, 1.165) is 11.3 Å². The third-order valence-corrected chi connectivity index (χ3v) is 6.61. The van der Waals surface area contributed by atoms with Crippen LogP contribution >= 0.6 is 11.3 Å². The highest BCUT2D eigenvalue weighted by atomic mass is 32.1. The van der Waals surface area contributed by atoms with E-state index in [0.29, 0.717) is 38.9 Å². The molecule has 1 atom stereocenters. The Labute approximate surface area is 187 Å². The number of hydrogen-bond donors (Lipinski definition) is 2. The van der Waals surface area contributed by atoms with E-state index >= 15 is 0 Å². The van der Waals surface area contributed by atoms with E-state index in [2.05, 4.69) is 5.32 Å². The Morgan fingerprint density at radius 3 is 2.50 bits per heavy atom. The van der Waals surface area contributed by atoms with Crippen molar-refractivity contribution in [2.75, 3.05) is 26.6 Å². The number of benzene rings is 2. The quantitative estimate of drug-likeness (QED) is 0.555. The van der Waals surface area contributed by atoms with Crippen molar-refractivity contribution in [3.63, 3.8) is 0 Å². The highest BCUT2D eigenvalue weighted by Gasteiger charge is 2.36. The fourth-order valence-corrected chi connectivity index (χ4v) is 5.24. The van der Waals surface area contributed by atoms with Gasteiger partial charge in [-0.05, 0) is 23.8 Å². The van der Waals surface area contributed by atoms with Crippen molar-refractivity contribution in [3.8, 4) is 28.4 Å². The van der Waals surface area contributed by atoms with Crippen LogP contribution in [0.3, 0.4) is 0 Å². The number of thiophene rings is 1. The Hall–Kier alpha value is -3.59. The van der Waals surface area contributed by atoms with Crippen molar-refractivity contribution in [3.05, 3.63) is 57.5 Å². The molecule has 0 unspecified atom stereocenters. The Bertz CT molecular complexity index is 1220. The maximum absolute atomic E-state index is 13.9. The number of methoxy groups -OCH3 is 3. The van der Waals surface area contributed by atoms with Crippen molar-refractivity contribution in [1.29, 1.82) is 0 Å². The molecule has 166 valence electrons. The largest absolute Gasteiger partial charge is 0.493 e. The number of hydrogen-bond acceptors (Lipinski definition) is 6. The molecule has 0 bridgehead atoms. The number of rotatable bonds is 6. The average Bonchev–Trinajstić information content (AvgIpc) is 3.17. The molecule has 9 heteroatoms. The number of aromatic carboxylic acids is 1. The molecule has 1 aliphatic heterocycles. The molecule has 32 heavy (non-hydrogen) atoms. The first-order valence-electron chi connectivity index (χ1n) is 9.64. The number of nitrogens with one attached hydrogen (secondary N) is 1. The van der Waals surface area contributed by atoms with Crippen LogP contribution in [0.15, 0.2) is 36.4 Å². The van der Waals surface area contributed by atoms with E-state index < -0.39 is 17.7 Å². The van der Waals surface area contributed by atoms with Crippen LogP contribution in [-0.4, -0.2) is 38.3 Å². The second-order valence-corrected chi connectivity index (χ2v) is 8.14. The molecule has 1 aromatic heterocycles. The summed E-state index contributed by atoms with van der Waals surface area (Å²) >= 11 is 1.05. The van der Waals surface area contributed by atoms with Crippen LogP contribution in [0.25, 0.3) is 11.1 Å². The lowest BCUT2D eigenvalue weighted by atomic mass is 9.87. The van der Waals surface area contributed by atoms with Gasteiger partial charge in [-0.1, -0.05) is 18.2 Å². The number of anilines is 1. The molecule has 4 rings (SSSR count). The molecule has 0 spiro atoms. The maximum atomic E-state index is 13.9. The highest BCUT2D eigenvalue weighted by Crippen LogP contribution is 2.53. The number of amides is 1. The summed E-state index contributed by atoms with van der Waals surface area (Å²) in [5, 5.41) is 12.7. The lowest BCUT2D eigenvalue weighted by Crippen LogP contribution is -2.23. The van der Waals surface area contributed by atoms with Crippen LogP contribution in [0.1, 0.15) is 32.5 Å². The van der Waals surface area contributed by atoms with Crippen LogP contribution < -0.4 is 19.5 Å². The second kappa shape index (κ2) is 8.51. The van der Waals surface area contributed by atoms with E-state index in [1.165, 1.54) is 39.5 Å². The summed E-state index contributed by atoms with van der Waals surface area (Å²) in [5.41, 5.74) is 1.69. The van der Waals surface area contributed by atoms with Gasteiger partial charge in [0.2, 0.25) is 11.7 Å². The van der Waals surface area contributed by atoms with Gasteiger partial charge in [0.1, 0.15) is 10.7 Å². The highest BCUT2D eigenvalue weighted by molar-refractivity contribution is 7.15. The van der Waals surface area contributed by atoms with Gasteiger partial charge in [-0.15, -0.1) is 11.3 Å². The molecule has 2 N–H and O–H groups in total. The van der Waals surface area contributed by atoms with Crippen molar-refractivity contribution in [2.45, 2.75) is 12.3 Å². The zero-order chi connectivity index (χ0) is 23.0. The molecule has 7 nitrogen and oxygen atoms in total. The zero-order valence-electron chi connectivity index (χ0n) is 17.5. The van der Waals surface area contributed by atoms with Crippen molar-refractivity contribution in [2.24, 2.45) is 0 Å². The Morgan fingerprint density at radius 1 is 1.12 bits per heavy atom. The first-order valence-corrected chi connectivity index (χ1v) is 10.5. The van der Waals surface area contributed by atoms with Crippen LogP contribution in [0, 0.1) is 5.82 Å². The van der Waals surface area contributed by atoms with Gasteiger partial charge in [0.05, 0.1) is 27.0 Å². The molecule has 0 saturated carbocycles. The second-order valence-electron chi connectivity index (χ2n) is 7.09. The van der Waals surface area contributed by atoms with E-state index in [9.17, 15) is 19.1 Å². The van der Waals surface area contributed by atoms with Crippen LogP contribution in [0.2, 0.25) is 0 Å². The number of fused-ring (bicyclic) bond motifs is 1. The molecule has 3 aromatic rings. The Morgan fingerprint density at radius 2 is 1.88 bits per heavy atom. The summed E-state index contributed by atoms with van der Waals surface area (Å²) in [6.07, 6.45) is 0.0843. The molecule has 2 aromatic carbocycles. The number of ether oxygens (including phenoxy) is 3. The predicted octanol–water partition coefficient (Wildman–Crippen LogP) is 4.75. The minimum Gasteiger partial charge on any atom is -0.493 e.